The summed E-state index contributed by atoms with van der Waals surface area (Å²) in [6, 6.07) is 20.4. The second-order valence-corrected chi connectivity index (χ2v) is 8.29. The average Bonchev–Trinajstić information content (AvgIpc) is 2.70. The van der Waals surface area contributed by atoms with Gasteiger partial charge in [-0.05, 0) is 34.9 Å². The lowest BCUT2D eigenvalue weighted by Gasteiger charge is -2.12. The van der Waals surface area contributed by atoms with Gasteiger partial charge >= 0.3 is 0 Å². The Morgan fingerprint density at radius 3 is 2.32 bits per heavy atom. The van der Waals surface area contributed by atoms with Crippen LogP contribution in [0.2, 0.25) is 5.02 Å². The lowest BCUT2D eigenvalue weighted by molar-refractivity contribution is 0.106. The Morgan fingerprint density at radius 2 is 1.57 bits per heavy atom. The zero-order valence-corrected chi connectivity index (χ0v) is 16.5. The minimum Gasteiger partial charge on any atom is -0.372 e. The molecule has 28 heavy (non-hydrogen) atoms. The molecule has 0 saturated carbocycles. The van der Waals surface area contributed by atoms with Crippen LogP contribution in [-0.4, -0.2) is 8.42 Å². The number of ether oxygens (including phenoxy) is 1. The first-order chi connectivity index (χ1) is 13.5. The van der Waals surface area contributed by atoms with Gasteiger partial charge < -0.3 is 4.74 Å². The summed E-state index contributed by atoms with van der Waals surface area (Å²) in [7, 11) is -3.95. The maximum Gasteiger partial charge on any atom is 0.242 e. The van der Waals surface area contributed by atoms with Gasteiger partial charge in [-0.1, -0.05) is 66.2 Å². The van der Waals surface area contributed by atoms with Crippen LogP contribution in [0, 0.1) is 5.82 Å². The Bertz CT molecular complexity index is 1040. The Hall–Kier alpha value is -2.25. The fraction of sp³-hybridized carbons (Fsp3) is 0.143. The van der Waals surface area contributed by atoms with Crippen LogP contribution in [0.5, 0.6) is 0 Å². The second kappa shape index (κ2) is 9.30. The van der Waals surface area contributed by atoms with Gasteiger partial charge in [0.05, 0.1) is 18.2 Å². The molecule has 3 aromatic carbocycles. The van der Waals surface area contributed by atoms with Crippen molar-refractivity contribution in [2.75, 3.05) is 0 Å². The van der Waals surface area contributed by atoms with E-state index >= 15 is 0 Å². The molecule has 0 aliphatic rings. The standard InChI is InChI=1S/C21H19ClFNO3S/c22-20-11-10-19(23)12-21(20)28(25,26)24-13-17-8-4-5-9-18(17)15-27-14-16-6-2-1-3-7-16/h1-12,24H,13-15H2. The highest BCUT2D eigenvalue weighted by atomic mass is 35.5. The first-order valence-corrected chi connectivity index (χ1v) is 10.4. The van der Waals surface area contributed by atoms with Gasteiger partial charge in [-0.25, -0.2) is 17.5 Å². The zero-order valence-electron chi connectivity index (χ0n) is 14.9. The topological polar surface area (TPSA) is 55.4 Å². The van der Waals surface area contributed by atoms with Gasteiger partial charge in [0.15, 0.2) is 0 Å². The van der Waals surface area contributed by atoms with Gasteiger partial charge in [0.25, 0.3) is 0 Å². The third-order valence-corrected chi connectivity index (χ3v) is 6.01. The zero-order chi connectivity index (χ0) is 20.0. The predicted molar refractivity (Wildman–Crippen MR) is 107 cm³/mol. The molecule has 0 aliphatic heterocycles. The van der Waals surface area contributed by atoms with Gasteiger partial charge in [0.1, 0.15) is 10.7 Å². The maximum absolute atomic E-state index is 13.4. The van der Waals surface area contributed by atoms with Crippen molar-refractivity contribution in [2.45, 2.75) is 24.7 Å². The van der Waals surface area contributed by atoms with Crippen LogP contribution in [0.1, 0.15) is 16.7 Å². The van der Waals surface area contributed by atoms with Gasteiger partial charge in [-0.2, -0.15) is 0 Å². The van der Waals surface area contributed by atoms with E-state index < -0.39 is 15.8 Å². The first-order valence-electron chi connectivity index (χ1n) is 8.59. The second-order valence-electron chi connectivity index (χ2n) is 6.15. The van der Waals surface area contributed by atoms with Gasteiger partial charge in [-0.15, -0.1) is 0 Å². The van der Waals surface area contributed by atoms with Crippen LogP contribution in [0.25, 0.3) is 0 Å². The molecule has 3 rings (SSSR count). The number of benzene rings is 3. The SMILES string of the molecule is O=S(=O)(NCc1ccccc1COCc1ccccc1)c1cc(F)ccc1Cl. The average molecular weight is 420 g/mol. The van der Waals surface area contributed by atoms with Crippen LogP contribution in [0.15, 0.2) is 77.7 Å². The minimum absolute atomic E-state index is 0.0339. The smallest absolute Gasteiger partial charge is 0.242 e. The summed E-state index contributed by atoms with van der Waals surface area (Å²) in [5, 5.41) is -0.0339. The normalized spacial score (nSPS) is 11.5. The monoisotopic (exact) mass is 419 g/mol. The highest BCUT2D eigenvalue weighted by Crippen LogP contribution is 2.22. The molecule has 0 spiro atoms. The van der Waals surface area contributed by atoms with Crippen LogP contribution >= 0.6 is 11.6 Å². The highest BCUT2D eigenvalue weighted by Gasteiger charge is 2.19. The third kappa shape index (κ3) is 5.39. The largest absolute Gasteiger partial charge is 0.372 e. The Balaban J connectivity index is 1.67. The highest BCUT2D eigenvalue weighted by molar-refractivity contribution is 7.89. The molecule has 0 amide bonds. The molecule has 4 nitrogen and oxygen atoms in total. The Morgan fingerprint density at radius 1 is 0.893 bits per heavy atom. The fourth-order valence-corrected chi connectivity index (χ4v) is 4.17. The minimum atomic E-state index is -3.95. The predicted octanol–water partition coefficient (Wildman–Crippen LogP) is 4.67. The molecular weight excluding hydrogens is 401 g/mol. The van der Waals surface area contributed by atoms with Gasteiger partial charge in [0, 0.05) is 6.54 Å². The molecule has 1 N–H and O–H groups in total. The fourth-order valence-electron chi connectivity index (χ4n) is 2.66. The molecule has 0 aliphatic carbocycles. The Labute approximate surface area is 169 Å². The summed E-state index contributed by atoms with van der Waals surface area (Å²) >= 11 is 5.91. The summed E-state index contributed by atoms with van der Waals surface area (Å²) in [6.45, 7) is 0.841. The lowest BCUT2D eigenvalue weighted by atomic mass is 10.1. The van der Waals surface area contributed by atoms with Crippen molar-refractivity contribution in [1.82, 2.24) is 4.72 Å². The molecule has 0 bridgehead atoms. The Kier molecular flexibility index (Phi) is 6.80. The number of sulfonamides is 1. The van der Waals surface area contributed by atoms with E-state index in [-0.39, 0.29) is 16.5 Å². The van der Waals surface area contributed by atoms with E-state index in [4.69, 9.17) is 16.3 Å². The lowest BCUT2D eigenvalue weighted by Crippen LogP contribution is -2.24. The van der Waals surface area contributed by atoms with Crippen molar-refractivity contribution >= 4 is 21.6 Å². The molecule has 0 atom stereocenters. The molecular formula is C21H19ClFNO3S. The molecule has 0 heterocycles. The molecule has 7 heteroatoms. The van der Waals surface area contributed by atoms with Crippen molar-refractivity contribution in [3.8, 4) is 0 Å². The van der Waals surface area contributed by atoms with Crippen LogP contribution in [-0.2, 0) is 34.5 Å². The summed E-state index contributed by atoms with van der Waals surface area (Å²) in [6.07, 6.45) is 0. The van der Waals surface area contributed by atoms with E-state index in [0.29, 0.717) is 13.2 Å². The van der Waals surface area contributed by atoms with E-state index in [0.717, 1.165) is 28.8 Å². The molecule has 0 aromatic heterocycles. The van der Waals surface area contributed by atoms with E-state index in [1.54, 1.807) is 0 Å². The van der Waals surface area contributed by atoms with Crippen LogP contribution < -0.4 is 4.72 Å². The molecule has 0 fully saturated rings. The number of nitrogens with one attached hydrogen (secondary N) is 1. The summed E-state index contributed by atoms with van der Waals surface area (Å²) < 4.78 is 46.6. The van der Waals surface area contributed by atoms with Crippen molar-refractivity contribution in [2.24, 2.45) is 0 Å². The van der Waals surface area contributed by atoms with Gasteiger partial charge in [-0.3, -0.25) is 0 Å². The van der Waals surface area contributed by atoms with Crippen LogP contribution in [0.4, 0.5) is 4.39 Å². The molecule has 0 unspecified atom stereocenters. The van der Waals surface area contributed by atoms with E-state index in [1.807, 2.05) is 54.6 Å². The van der Waals surface area contributed by atoms with Crippen molar-refractivity contribution in [3.63, 3.8) is 0 Å². The quantitative estimate of drug-likeness (QED) is 0.577. The number of halogens is 2. The van der Waals surface area contributed by atoms with E-state index in [1.165, 1.54) is 6.07 Å². The molecule has 0 radical (unpaired) electrons. The molecule has 3 aromatic rings. The van der Waals surface area contributed by atoms with Crippen molar-refractivity contribution in [1.29, 1.82) is 0 Å². The summed E-state index contributed by atoms with van der Waals surface area (Å²) in [4.78, 5) is -0.285. The van der Waals surface area contributed by atoms with Crippen molar-refractivity contribution < 1.29 is 17.5 Å². The number of rotatable bonds is 8. The van der Waals surface area contributed by atoms with Crippen LogP contribution in [0.3, 0.4) is 0 Å². The maximum atomic E-state index is 13.4. The van der Waals surface area contributed by atoms with Gasteiger partial charge in [0.2, 0.25) is 10.0 Å². The first kappa shape index (κ1) is 20.5. The third-order valence-electron chi connectivity index (χ3n) is 4.12. The van der Waals surface area contributed by atoms with E-state index in [9.17, 15) is 12.8 Å². The summed E-state index contributed by atoms with van der Waals surface area (Å²) in [5.41, 5.74) is 2.69. The van der Waals surface area contributed by atoms with Crippen molar-refractivity contribution in [3.05, 3.63) is 100 Å². The molecule has 0 saturated heterocycles. The number of hydrogen-bond acceptors (Lipinski definition) is 3. The summed E-state index contributed by atoms with van der Waals surface area (Å²) in [5.74, 6) is -0.667. The molecule has 146 valence electrons. The number of hydrogen-bond donors (Lipinski definition) is 1. The van der Waals surface area contributed by atoms with E-state index in [2.05, 4.69) is 4.72 Å².